The fourth-order valence-corrected chi connectivity index (χ4v) is 3.44. The zero-order valence-corrected chi connectivity index (χ0v) is 14.9. The second-order valence-electron chi connectivity index (χ2n) is 6.78. The molecule has 0 atom stereocenters. The Hall–Kier alpha value is -3.06. The number of hydrogen-bond donors (Lipinski definition) is 2. The summed E-state index contributed by atoms with van der Waals surface area (Å²) in [6.45, 7) is 2.16. The average molecular weight is 363 g/mol. The van der Waals surface area contributed by atoms with E-state index in [1.54, 1.807) is 18.3 Å². The molecule has 3 heterocycles. The molecule has 1 fully saturated rings. The average Bonchev–Trinajstić information content (AvgIpc) is 2.69. The number of fused-ring (bicyclic) bond motifs is 1. The van der Waals surface area contributed by atoms with Crippen LogP contribution in [0, 0.1) is 5.92 Å². The molecule has 0 aliphatic carbocycles. The van der Waals surface area contributed by atoms with Crippen molar-refractivity contribution < 1.29 is 4.79 Å². The van der Waals surface area contributed by atoms with Crippen LogP contribution in [0.2, 0.25) is 0 Å². The third kappa shape index (κ3) is 4.03. The lowest BCUT2D eigenvalue weighted by Gasteiger charge is -2.30. The van der Waals surface area contributed by atoms with Crippen molar-refractivity contribution in [2.45, 2.75) is 19.4 Å². The number of aromatic nitrogens is 3. The molecule has 0 spiro atoms. The summed E-state index contributed by atoms with van der Waals surface area (Å²) in [4.78, 5) is 38.4. The highest BCUT2D eigenvalue weighted by molar-refractivity contribution is 5.91. The van der Waals surface area contributed by atoms with Gasteiger partial charge in [-0.3, -0.25) is 14.5 Å². The van der Waals surface area contributed by atoms with Crippen LogP contribution in [-0.4, -0.2) is 38.8 Å². The number of carbonyl (C=O) groups excluding carboxylic acids is 1. The lowest BCUT2D eigenvalue weighted by molar-refractivity contribution is -0.121. The predicted octanol–water partition coefficient (Wildman–Crippen LogP) is 2.17. The van der Waals surface area contributed by atoms with Gasteiger partial charge in [0.25, 0.3) is 5.56 Å². The topological polar surface area (TPSA) is 91.0 Å². The summed E-state index contributed by atoms with van der Waals surface area (Å²) in [6.07, 6.45) is 3.21. The van der Waals surface area contributed by atoms with Crippen LogP contribution >= 0.6 is 0 Å². The van der Waals surface area contributed by atoms with E-state index in [1.807, 2.05) is 30.3 Å². The van der Waals surface area contributed by atoms with E-state index >= 15 is 0 Å². The monoisotopic (exact) mass is 363 g/mol. The van der Waals surface area contributed by atoms with Gasteiger partial charge in [0.1, 0.15) is 11.6 Å². The molecule has 1 aromatic carbocycles. The second kappa shape index (κ2) is 7.67. The minimum Gasteiger partial charge on any atom is -0.310 e. The van der Waals surface area contributed by atoms with Gasteiger partial charge in [-0.1, -0.05) is 18.2 Å². The highest BCUT2D eigenvalue weighted by Gasteiger charge is 2.25. The maximum atomic E-state index is 12.4. The van der Waals surface area contributed by atoms with Gasteiger partial charge in [-0.2, -0.15) is 0 Å². The summed E-state index contributed by atoms with van der Waals surface area (Å²) in [5, 5.41) is 3.48. The van der Waals surface area contributed by atoms with Crippen LogP contribution in [0.1, 0.15) is 18.7 Å². The van der Waals surface area contributed by atoms with E-state index in [-0.39, 0.29) is 17.4 Å². The maximum Gasteiger partial charge on any atom is 0.258 e. The Balaban J connectivity index is 1.36. The molecule has 0 unspecified atom stereocenters. The Morgan fingerprint density at radius 2 is 1.93 bits per heavy atom. The standard InChI is InChI=1S/C20H21N5O2/c26-19(23-17-7-3-4-10-21-17)14-8-11-25(12-9-14)13-18-22-16-6-2-1-5-15(16)20(27)24-18/h1-7,10,14H,8-9,11-13H2,(H,21,23,26)(H,22,24,27). The number of para-hydroxylation sites is 1. The van der Waals surface area contributed by atoms with Crippen molar-refractivity contribution in [3.8, 4) is 0 Å². The Morgan fingerprint density at radius 1 is 1.15 bits per heavy atom. The van der Waals surface area contributed by atoms with Crippen LogP contribution in [0.15, 0.2) is 53.5 Å². The van der Waals surface area contributed by atoms with Crippen molar-refractivity contribution in [1.82, 2.24) is 19.9 Å². The van der Waals surface area contributed by atoms with E-state index in [4.69, 9.17) is 0 Å². The van der Waals surface area contributed by atoms with Crippen molar-refractivity contribution >= 4 is 22.6 Å². The highest BCUT2D eigenvalue weighted by atomic mass is 16.2. The summed E-state index contributed by atoms with van der Waals surface area (Å²) in [5.41, 5.74) is 0.598. The van der Waals surface area contributed by atoms with Gasteiger partial charge in [0.05, 0.1) is 17.4 Å². The summed E-state index contributed by atoms with van der Waals surface area (Å²) in [5.74, 6) is 1.25. The van der Waals surface area contributed by atoms with Crippen molar-refractivity contribution in [3.05, 3.63) is 64.8 Å². The molecule has 0 radical (unpaired) electrons. The van der Waals surface area contributed by atoms with Gasteiger partial charge in [0.15, 0.2) is 0 Å². The molecule has 1 aliphatic rings. The number of rotatable bonds is 4. The zero-order chi connectivity index (χ0) is 18.6. The lowest BCUT2D eigenvalue weighted by Crippen LogP contribution is -2.38. The smallest absolute Gasteiger partial charge is 0.258 e. The first kappa shape index (κ1) is 17.4. The third-order valence-electron chi connectivity index (χ3n) is 4.91. The van der Waals surface area contributed by atoms with E-state index < -0.39 is 0 Å². The molecule has 138 valence electrons. The number of nitrogens with zero attached hydrogens (tertiary/aromatic N) is 3. The number of benzene rings is 1. The first-order chi connectivity index (χ1) is 13.2. The minimum atomic E-state index is -0.111. The zero-order valence-electron chi connectivity index (χ0n) is 14.9. The van der Waals surface area contributed by atoms with Crippen molar-refractivity contribution in [2.24, 2.45) is 5.92 Å². The molecule has 7 heteroatoms. The number of aromatic amines is 1. The lowest BCUT2D eigenvalue weighted by atomic mass is 9.96. The van der Waals surface area contributed by atoms with Gasteiger partial charge in [-0.25, -0.2) is 9.97 Å². The van der Waals surface area contributed by atoms with Gasteiger partial charge in [-0.05, 0) is 50.2 Å². The SMILES string of the molecule is O=C(Nc1ccccn1)C1CCN(Cc2nc3ccccc3c(=O)[nH]2)CC1. The molecule has 4 rings (SSSR count). The molecule has 0 saturated carbocycles. The summed E-state index contributed by atoms with van der Waals surface area (Å²) in [7, 11) is 0. The number of carbonyl (C=O) groups is 1. The second-order valence-corrected chi connectivity index (χ2v) is 6.78. The van der Waals surface area contributed by atoms with Gasteiger partial charge in [0.2, 0.25) is 5.91 Å². The van der Waals surface area contributed by atoms with Crippen LogP contribution in [0.4, 0.5) is 5.82 Å². The quantitative estimate of drug-likeness (QED) is 0.741. The van der Waals surface area contributed by atoms with E-state index in [0.717, 1.165) is 25.9 Å². The molecule has 1 saturated heterocycles. The number of pyridine rings is 1. The Kier molecular flexibility index (Phi) is 4.93. The summed E-state index contributed by atoms with van der Waals surface area (Å²) >= 11 is 0. The number of H-pyrrole nitrogens is 1. The molecule has 27 heavy (non-hydrogen) atoms. The predicted molar refractivity (Wildman–Crippen MR) is 103 cm³/mol. The third-order valence-corrected chi connectivity index (χ3v) is 4.91. The number of anilines is 1. The van der Waals surface area contributed by atoms with Crippen LogP contribution < -0.4 is 10.9 Å². The Labute approximate surface area is 156 Å². The fraction of sp³-hybridized carbons (Fsp3) is 0.300. The largest absolute Gasteiger partial charge is 0.310 e. The highest BCUT2D eigenvalue weighted by Crippen LogP contribution is 2.20. The van der Waals surface area contributed by atoms with Crippen LogP contribution in [0.5, 0.6) is 0 Å². The van der Waals surface area contributed by atoms with E-state index in [1.165, 1.54) is 0 Å². The molecular formula is C20H21N5O2. The van der Waals surface area contributed by atoms with Gasteiger partial charge in [-0.15, -0.1) is 0 Å². The van der Waals surface area contributed by atoms with Gasteiger partial charge >= 0.3 is 0 Å². The van der Waals surface area contributed by atoms with Crippen LogP contribution in [0.25, 0.3) is 10.9 Å². The number of piperidine rings is 1. The van der Waals surface area contributed by atoms with E-state index in [2.05, 4.69) is 25.2 Å². The first-order valence-corrected chi connectivity index (χ1v) is 9.11. The maximum absolute atomic E-state index is 12.4. The summed E-state index contributed by atoms with van der Waals surface area (Å²) in [6, 6.07) is 12.8. The first-order valence-electron chi connectivity index (χ1n) is 9.11. The van der Waals surface area contributed by atoms with Crippen LogP contribution in [-0.2, 0) is 11.3 Å². The summed E-state index contributed by atoms with van der Waals surface area (Å²) < 4.78 is 0. The van der Waals surface area contributed by atoms with Gasteiger partial charge in [0, 0.05) is 12.1 Å². The van der Waals surface area contributed by atoms with Crippen LogP contribution in [0.3, 0.4) is 0 Å². The molecule has 7 nitrogen and oxygen atoms in total. The van der Waals surface area contributed by atoms with E-state index in [0.29, 0.717) is 29.1 Å². The fourth-order valence-electron chi connectivity index (χ4n) is 3.44. The molecule has 1 amide bonds. The van der Waals surface area contributed by atoms with Crippen molar-refractivity contribution in [1.29, 1.82) is 0 Å². The molecule has 0 bridgehead atoms. The van der Waals surface area contributed by atoms with E-state index in [9.17, 15) is 9.59 Å². The normalized spacial score (nSPS) is 15.7. The number of hydrogen-bond acceptors (Lipinski definition) is 5. The molecule has 2 aromatic heterocycles. The molecule has 2 N–H and O–H groups in total. The molecule has 1 aliphatic heterocycles. The molecular weight excluding hydrogens is 342 g/mol. The van der Waals surface area contributed by atoms with Crippen molar-refractivity contribution in [3.63, 3.8) is 0 Å². The number of amides is 1. The Bertz CT molecular complexity index is 994. The number of nitrogens with one attached hydrogen (secondary N) is 2. The Morgan fingerprint density at radius 3 is 2.70 bits per heavy atom. The number of likely N-dealkylation sites (tertiary alicyclic amines) is 1. The van der Waals surface area contributed by atoms with Gasteiger partial charge < -0.3 is 10.3 Å². The van der Waals surface area contributed by atoms with Crippen molar-refractivity contribution in [2.75, 3.05) is 18.4 Å². The minimum absolute atomic E-state index is 0.0191. The molecule has 3 aromatic rings.